The molecule has 3 heterocycles. The van der Waals surface area contributed by atoms with E-state index >= 15 is 0 Å². The van der Waals surface area contributed by atoms with Crippen LogP contribution in [0.15, 0.2) is 21.9 Å². The number of carbonyl (C=O) groups excluding carboxylic acids is 2. The van der Waals surface area contributed by atoms with Crippen molar-refractivity contribution in [2.45, 2.75) is 104 Å². The molecule has 2 saturated heterocycles. The Kier molecular flexibility index (Phi) is 9.49. The number of rotatable bonds is 10. The molecule has 0 radical (unpaired) electrons. The summed E-state index contributed by atoms with van der Waals surface area (Å²) in [5.41, 5.74) is -4.20. The van der Waals surface area contributed by atoms with Gasteiger partial charge in [0.2, 0.25) is 13.6 Å². The fourth-order valence-electron chi connectivity index (χ4n) is 5.05. The zero-order valence-electron chi connectivity index (χ0n) is 25.5. The number of hydrogen-bond acceptors (Lipinski definition) is 13. The maximum Gasteiger partial charge on any atom is 0.480 e. The number of carbonyl (C=O) groups is 2. The summed E-state index contributed by atoms with van der Waals surface area (Å²) >= 11 is 0. The quantitative estimate of drug-likeness (QED) is 0.226. The van der Waals surface area contributed by atoms with E-state index in [1.807, 2.05) is 0 Å². The van der Waals surface area contributed by atoms with E-state index in [1.165, 1.54) is 16.8 Å². The first-order valence-electron chi connectivity index (χ1n) is 14.1. The number of aromatic nitrogens is 2. The smallest absolute Gasteiger partial charge is 0.437 e. The summed E-state index contributed by atoms with van der Waals surface area (Å²) in [6.45, 7) is 9.54. The average molecular weight is 633 g/mol. The van der Waals surface area contributed by atoms with E-state index in [2.05, 4.69) is 4.98 Å². The fraction of sp³-hybridized carbons (Fsp3) is 0.778. The molecular weight excluding hydrogens is 591 g/mol. The van der Waals surface area contributed by atoms with Gasteiger partial charge in [-0.1, -0.05) is 0 Å². The maximum absolute atomic E-state index is 13.6. The van der Waals surface area contributed by atoms with E-state index < -0.39 is 91.9 Å². The average Bonchev–Trinajstić information content (AvgIpc) is 3.54. The van der Waals surface area contributed by atoms with Crippen molar-refractivity contribution in [2.75, 3.05) is 20.2 Å². The van der Waals surface area contributed by atoms with E-state index in [0.717, 1.165) is 12.8 Å². The predicted octanol–water partition coefficient (Wildman–Crippen LogP) is 3.13. The summed E-state index contributed by atoms with van der Waals surface area (Å²) in [5.74, 6) is -2.15. The van der Waals surface area contributed by atoms with E-state index in [0.29, 0.717) is 12.8 Å². The Hall–Kier alpha value is -2.39. The second kappa shape index (κ2) is 12.2. The third-order valence-electron chi connectivity index (χ3n) is 7.34. The Morgan fingerprint density at radius 1 is 1.00 bits per heavy atom. The van der Waals surface area contributed by atoms with Crippen molar-refractivity contribution in [2.24, 2.45) is 10.8 Å². The Morgan fingerprint density at radius 3 is 2.07 bits per heavy atom. The van der Waals surface area contributed by atoms with Crippen molar-refractivity contribution in [1.29, 1.82) is 0 Å². The third kappa shape index (κ3) is 7.47. The van der Waals surface area contributed by atoms with Crippen LogP contribution >= 0.6 is 7.82 Å². The van der Waals surface area contributed by atoms with Gasteiger partial charge in [0.05, 0.1) is 17.4 Å². The first kappa shape index (κ1) is 33.5. The van der Waals surface area contributed by atoms with Crippen molar-refractivity contribution in [1.82, 2.24) is 9.55 Å². The third-order valence-corrected chi connectivity index (χ3v) is 8.65. The summed E-state index contributed by atoms with van der Waals surface area (Å²) in [6.07, 6.45) is 1.52. The number of esters is 2. The van der Waals surface area contributed by atoms with Crippen LogP contribution in [-0.2, 0) is 51.4 Å². The summed E-state index contributed by atoms with van der Waals surface area (Å²) in [4.78, 5) is 51.0. The van der Waals surface area contributed by atoms with E-state index in [9.17, 15) is 23.7 Å². The SMILES string of the molecule is CC(C)(C)C(=O)OCOP(=O)(OCOC(=O)C(C)(C)C)OCC1OC(n2ccc(=O)[nH]c2=O)C2(C)OC3(CCCC3)OC12. The molecular formula is C27H41N2O13P. The fourth-order valence-corrected chi connectivity index (χ4v) is 5.97. The van der Waals surface area contributed by atoms with Crippen LogP contribution in [0.25, 0.3) is 0 Å². The number of phosphoric acid groups is 1. The minimum Gasteiger partial charge on any atom is -0.437 e. The lowest BCUT2D eigenvalue weighted by molar-refractivity contribution is -0.232. The summed E-state index contributed by atoms with van der Waals surface area (Å²) in [7, 11) is -4.54. The van der Waals surface area contributed by atoms with Crippen LogP contribution in [0.4, 0.5) is 0 Å². The zero-order chi connectivity index (χ0) is 31.8. The molecule has 4 rings (SSSR count). The van der Waals surface area contributed by atoms with Crippen LogP contribution in [0.1, 0.15) is 80.4 Å². The van der Waals surface area contributed by atoms with Gasteiger partial charge >= 0.3 is 25.5 Å². The van der Waals surface area contributed by atoms with Crippen molar-refractivity contribution < 1.29 is 51.4 Å². The molecule has 1 N–H and O–H groups in total. The molecule has 242 valence electrons. The van der Waals surface area contributed by atoms with Crippen molar-refractivity contribution in [3.63, 3.8) is 0 Å². The van der Waals surface area contributed by atoms with Gasteiger partial charge in [-0.2, -0.15) is 0 Å². The number of nitrogens with zero attached hydrogens (tertiary/aromatic N) is 1. The molecule has 1 saturated carbocycles. The van der Waals surface area contributed by atoms with E-state index in [4.69, 9.17) is 37.3 Å². The van der Waals surface area contributed by atoms with Gasteiger partial charge in [0, 0.05) is 25.1 Å². The Balaban J connectivity index is 1.53. The molecule has 4 unspecified atom stereocenters. The highest BCUT2D eigenvalue weighted by Crippen LogP contribution is 2.56. The Morgan fingerprint density at radius 2 is 1.56 bits per heavy atom. The van der Waals surface area contributed by atoms with Crippen LogP contribution in [-0.4, -0.2) is 65.3 Å². The number of nitrogens with one attached hydrogen (secondary N) is 1. The number of phosphoric ester groups is 1. The van der Waals surface area contributed by atoms with Gasteiger partial charge < -0.3 is 23.7 Å². The van der Waals surface area contributed by atoms with Gasteiger partial charge in [-0.3, -0.25) is 28.5 Å². The van der Waals surface area contributed by atoms with Crippen molar-refractivity contribution in [3.8, 4) is 0 Å². The molecule has 2 aliphatic heterocycles. The molecule has 16 heteroatoms. The molecule has 1 spiro atoms. The number of aromatic amines is 1. The number of hydrogen-bond donors (Lipinski definition) is 1. The Bertz CT molecular complexity index is 1320. The second-order valence-corrected chi connectivity index (χ2v) is 14.8. The van der Waals surface area contributed by atoms with E-state index in [1.54, 1.807) is 48.5 Å². The van der Waals surface area contributed by atoms with Gasteiger partial charge in [-0.05, 0) is 61.3 Å². The van der Waals surface area contributed by atoms with Crippen LogP contribution in [0, 0.1) is 10.8 Å². The normalized spacial score (nSPS) is 26.9. The number of fused-ring (bicyclic) bond motifs is 1. The molecule has 1 aromatic rings. The summed E-state index contributed by atoms with van der Waals surface area (Å²) in [6, 6.07) is 1.18. The lowest BCUT2D eigenvalue weighted by Crippen LogP contribution is -2.45. The number of ether oxygens (including phenoxy) is 5. The van der Waals surface area contributed by atoms with Gasteiger partial charge in [0.25, 0.3) is 5.56 Å². The minimum absolute atomic E-state index is 0.438. The Labute approximate surface area is 249 Å². The highest BCUT2D eigenvalue weighted by molar-refractivity contribution is 7.48. The largest absolute Gasteiger partial charge is 0.480 e. The van der Waals surface area contributed by atoms with Crippen LogP contribution in [0.2, 0.25) is 0 Å². The van der Waals surface area contributed by atoms with Gasteiger partial charge in [0.15, 0.2) is 12.0 Å². The lowest BCUT2D eigenvalue weighted by atomic mass is 9.96. The van der Waals surface area contributed by atoms with Crippen LogP contribution in [0.3, 0.4) is 0 Å². The molecule has 0 amide bonds. The first-order chi connectivity index (χ1) is 19.9. The highest BCUT2D eigenvalue weighted by atomic mass is 31.2. The summed E-state index contributed by atoms with van der Waals surface area (Å²) in [5, 5.41) is 0. The molecule has 43 heavy (non-hydrogen) atoms. The lowest BCUT2D eigenvalue weighted by Gasteiger charge is -2.31. The summed E-state index contributed by atoms with van der Waals surface area (Å²) < 4.78 is 60.1. The molecule has 3 aliphatic rings. The standard InChI is InChI=1S/C27H41N2O13P/c1-24(2,3)21(31)35-15-38-43(34,39-16-36-22(32)25(4,5)6)37-14-17-19-26(7,42-27(41-19)11-8-9-12-27)20(40-17)29-13-10-18(30)28-23(29)33/h10,13,17,19-20H,8-9,11-12,14-16H2,1-7H3,(H,28,30,33). The van der Waals surface area contributed by atoms with E-state index in [-0.39, 0.29) is 0 Å². The maximum atomic E-state index is 13.6. The minimum atomic E-state index is -4.54. The van der Waals surface area contributed by atoms with Crippen molar-refractivity contribution in [3.05, 3.63) is 33.1 Å². The van der Waals surface area contributed by atoms with Crippen LogP contribution < -0.4 is 11.2 Å². The van der Waals surface area contributed by atoms with Gasteiger partial charge in [0.1, 0.15) is 17.8 Å². The molecule has 0 aromatic carbocycles. The molecule has 4 atom stereocenters. The molecule has 0 bridgehead atoms. The van der Waals surface area contributed by atoms with Crippen LogP contribution in [0.5, 0.6) is 0 Å². The topological polar surface area (TPSA) is 180 Å². The molecule has 15 nitrogen and oxygen atoms in total. The monoisotopic (exact) mass is 632 g/mol. The van der Waals surface area contributed by atoms with Crippen molar-refractivity contribution >= 4 is 19.8 Å². The molecule has 1 aliphatic carbocycles. The first-order valence-corrected chi connectivity index (χ1v) is 15.6. The second-order valence-electron chi connectivity index (χ2n) is 13.1. The number of H-pyrrole nitrogens is 1. The molecule has 1 aromatic heterocycles. The highest BCUT2D eigenvalue weighted by Gasteiger charge is 2.67. The van der Waals surface area contributed by atoms with Gasteiger partial charge in [-0.25, -0.2) is 18.4 Å². The zero-order valence-corrected chi connectivity index (χ0v) is 26.4. The molecule has 3 fully saturated rings. The predicted molar refractivity (Wildman–Crippen MR) is 147 cm³/mol. The van der Waals surface area contributed by atoms with Gasteiger partial charge in [-0.15, -0.1) is 0 Å².